The molecule has 5 nitrogen and oxygen atoms in total. The number of hydrogen-bond donors (Lipinski definition) is 2. The van der Waals surface area contributed by atoms with Crippen molar-refractivity contribution >= 4 is 15.7 Å². The number of nitrogens with one attached hydrogen (secondary N) is 1. The first-order valence-corrected chi connectivity index (χ1v) is 8.47. The van der Waals surface area contributed by atoms with Gasteiger partial charge in [0.15, 0.2) is 0 Å². The molecule has 1 aromatic carbocycles. The van der Waals surface area contributed by atoms with E-state index < -0.39 is 15.9 Å². The molecule has 114 valence electrons. The Balaban J connectivity index is 2.90. The first-order valence-electron chi connectivity index (χ1n) is 6.41. The standard InChI is InChI=1S/C15H19NO4S/c1-11-7-13(5-4-6-17)9-14(8-11)15(18)16-12(2)10-21(3,19)20/h7-9,12,17H,6,10H2,1-3H3,(H,16,18). The Labute approximate surface area is 125 Å². The third kappa shape index (κ3) is 6.43. The number of aryl methyl sites for hydroxylation is 1. The zero-order valence-electron chi connectivity index (χ0n) is 12.3. The molecule has 0 aliphatic heterocycles. The van der Waals surface area contributed by atoms with Crippen LogP contribution in [0.5, 0.6) is 0 Å². The van der Waals surface area contributed by atoms with Crippen LogP contribution in [0.15, 0.2) is 18.2 Å². The van der Waals surface area contributed by atoms with Crippen LogP contribution in [0.4, 0.5) is 0 Å². The minimum atomic E-state index is -3.14. The van der Waals surface area contributed by atoms with Crippen molar-refractivity contribution in [2.45, 2.75) is 19.9 Å². The number of carbonyl (C=O) groups is 1. The number of amides is 1. The van der Waals surface area contributed by atoms with E-state index in [4.69, 9.17) is 5.11 Å². The van der Waals surface area contributed by atoms with Crippen molar-refractivity contribution in [3.63, 3.8) is 0 Å². The van der Waals surface area contributed by atoms with Crippen LogP contribution in [0, 0.1) is 18.8 Å². The zero-order chi connectivity index (χ0) is 16.0. The van der Waals surface area contributed by atoms with Crippen molar-refractivity contribution in [1.82, 2.24) is 5.32 Å². The second-order valence-corrected chi connectivity index (χ2v) is 7.20. The van der Waals surface area contributed by atoms with Crippen LogP contribution in [0.3, 0.4) is 0 Å². The first kappa shape index (κ1) is 17.2. The molecule has 2 N–H and O–H groups in total. The third-order valence-electron chi connectivity index (χ3n) is 2.58. The summed E-state index contributed by atoms with van der Waals surface area (Å²) < 4.78 is 22.4. The van der Waals surface area contributed by atoms with Gasteiger partial charge in [-0.05, 0) is 37.6 Å². The van der Waals surface area contributed by atoms with E-state index in [1.54, 1.807) is 25.1 Å². The van der Waals surface area contributed by atoms with Crippen molar-refractivity contribution in [3.8, 4) is 11.8 Å². The van der Waals surface area contributed by atoms with Crippen molar-refractivity contribution < 1.29 is 18.3 Å². The van der Waals surface area contributed by atoms with Crippen LogP contribution < -0.4 is 5.32 Å². The van der Waals surface area contributed by atoms with Gasteiger partial charge in [0.2, 0.25) is 0 Å². The molecule has 0 heterocycles. The molecule has 6 heteroatoms. The third-order valence-corrected chi connectivity index (χ3v) is 3.69. The normalized spacial score (nSPS) is 12.2. The second-order valence-electron chi connectivity index (χ2n) is 5.01. The van der Waals surface area contributed by atoms with Gasteiger partial charge < -0.3 is 10.4 Å². The summed E-state index contributed by atoms with van der Waals surface area (Å²) in [4.78, 5) is 12.1. The van der Waals surface area contributed by atoms with E-state index in [0.29, 0.717) is 11.1 Å². The molecule has 1 aromatic rings. The van der Waals surface area contributed by atoms with E-state index in [-0.39, 0.29) is 18.3 Å². The summed E-state index contributed by atoms with van der Waals surface area (Å²) in [7, 11) is -3.14. The lowest BCUT2D eigenvalue weighted by Gasteiger charge is -2.13. The highest BCUT2D eigenvalue weighted by Gasteiger charge is 2.14. The van der Waals surface area contributed by atoms with Gasteiger partial charge in [0.25, 0.3) is 5.91 Å². The van der Waals surface area contributed by atoms with Crippen LogP contribution in [0.1, 0.15) is 28.4 Å². The Bertz CT molecular complexity index is 683. The Morgan fingerprint density at radius 1 is 1.38 bits per heavy atom. The van der Waals surface area contributed by atoms with Crippen LogP contribution in [0.2, 0.25) is 0 Å². The molecule has 0 bridgehead atoms. The van der Waals surface area contributed by atoms with E-state index in [2.05, 4.69) is 17.2 Å². The van der Waals surface area contributed by atoms with Gasteiger partial charge in [-0.15, -0.1) is 0 Å². The van der Waals surface area contributed by atoms with Gasteiger partial charge in [-0.25, -0.2) is 8.42 Å². The monoisotopic (exact) mass is 309 g/mol. The topological polar surface area (TPSA) is 83.5 Å². The molecule has 0 spiro atoms. The van der Waals surface area contributed by atoms with E-state index >= 15 is 0 Å². The average molecular weight is 309 g/mol. The molecular formula is C15H19NO4S. The molecule has 1 unspecified atom stereocenters. The molecule has 1 atom stereocenters. The first-order chi connectivity index (χ1) is 9.71. The molecular weight excluding hydrogens is 290 g/mol. The number of hydrogen-bond acceptors (Lipinski definition) is 4. The van der Waals surface area contributed by atoms with E-state index in [1.165, 1.54) is 0 Å². The summed E-state index contributed by atoms with van der Waals surface area (Å²) in [5.41, 5.74) is 1.91. The molecule has 0 fully saturated rings. The summed E-state index contributed by atoms with van der Waals surface area (Å²) in [6, 6.07) is 4.64. The molecule has 0 aromatic heterocycles. The maximum atomic E-state index is 12.1. The minimum absolute atomic E-state index is 0.109. The maximum absolute atomic E-state index is 12.1. The molecule has 0 saturated heterocycles. The van der Waals surface area contributed by atoms with Gasteiger partial charge in [0.1, 0.15) is 16.4 Å². The summed E-state index contributed by atoms with van der Waals surface area (Å²) in [6.07, 6.45) is 1.13. The van der Waals surface area contributed by atoms with Gasteiger partial charge in [-0.3, -0.25) is 4.79 Å². The fourth-order valence-electron chi connectivity index (χ4n) is 1.93. The molecule has 21 heavy (non-hydrogen) atoms. The predicted octanol–water partition coefficient (Wildman–Crippen LogP) is 0.502. The van der Waals surface area contributed by atoms with Gasteiger partial charge in [-0.1, -0.05) is 11.8 Å². The van der Waals surface area contributed by atoms with Crippen molar-refractivity contribution in [2.75, 3.05) is 18.6 Å². The number of aliphatic hydroxyl groups excluding tert-OH is 1. The number of carbonyl (C=O) groups excluding carboxylic acids is 1. The van der Waals surface area contributed by atoms with E-state index in [9.17, 15) is 13.2 Å². The predicted molar refractivity (Wildman–Crippen MR) is 81.8 cm³/mol. The van der Waals surface area contributed by atoms with Crippen LogP contribution >= 0.6 is 0 Å². The number of benzene rings is 1. The quantitative estimate of drug-likeness (QED) is 0.794. The molecule has 0 radical (unpaired) electrons. The highest BCUT2D eigenvalue weighted by atomic mass is 32.2. The molecule has 0 aliphatic carbocycles. The van der Waals surface area contributed by atoms with Gasteiger partial charge >= 0.3 is 0 Å². The van der Waals surface area contributed by atoms with Gasteiger partial charge in [0, 0.05) is 23.4 Å². The lowest BCUT2D eigenvalue weighted by atomic mass is 10.1. The number of rotatable bonds is 4. The molecule has 0 aliphatic rings. The van der Waals surface area contributed by atoms with Crippen molar-refractivity contribution in [3.05, 3.63) is 34.9 Å². The van der Waals surface area contributed by atoms with Crippen LogP contribution in [-0.2, 0) is 9.84 Å². The van der Waals surface area contributed by atoms with Crippen LogP contribution in [-0.4, -0.2) is 44.1 Å². The van der Waals surface area contributed by atoms with Crippen LogP contribution in [0.25, 0.3) is 0 Å². The molecule has 1 rings (SSSR count). The lowest BCUT2D eigenvalue weighted by molar-refractivity contribution is 0.0943. The maximum Gasteiger partial charge on any atom is 0.251 e. The number of aliphatic hydroxyl groups is 1. The largest absolute Gasteiger partial charge is 0.384 e. The Morgan fingerprint density at radius 2 is 2.05 bits per heavy atom. The summed E-state index contributed by atoms with van der Waals surface area (Å²) in [5, 5.41) is 11.3. The average Bonchev–Trinajstić information content (AvgIpc) is 2.33. The fraction of sp³-hybridized carbons (Fsp3) is 0.400. The summed E-state index contributed by atoms with van der Waals surface area (Å²) in [5.74, 6) is 4.82. The smallest absolute Gasteiger partial charge is 0.251 e. The van der Waals surface area contributed by atoms with Crippen molar-refractivity contribution in [2.24, 2.45) is 0 Å². The highest BCUT2D eigenvalue weighted by Crippen LogP contribution is 2.09. The zero-order valence-corrected chi connectivity index (χ0v) is 13.1. The second kappa shape index (κ2) is 7.25. The minimum Gasteiger partial charge on any atom is -0.384 e. The Hall–Kier alpha value is -1.84. The van der Waals surface area contributed by atoms with E-state index in [0.717, 1.165) is 11.8 Å². The molecule has 0 saturated carbocycles. The van der Waals surface area contributed by atoms with Gasteiger partial charge in [-0.2, -0.15) is 0 Å². The van der Waals surface area contributed by atoms with E-state index in [1.807, 2.05) is 6.92 Å². The highest BCUT2D eigenvalue weighted by molar-refractivity contribution is 7.90. The SMILES string of the molecule is Cc1cc(C#CCO)cc(C(=O)NC(C)CS(C)(=O)=O)c1. The van der Waals surface area contributed by atoms with Crippen molar-refractivity contribution in [1.29, 1.82) is 0 Å². The Morgan fingerprint density at radius 3 is 2.62 bits per heavy atom. The molecule has 1 amide bonds. The Kier molecular flexibility index (Phi) is 5.94. The number of sulfone groups is 1. The van der Waals surface area contributed by atoms with Gasteiger partial charge in [0.05, 0.1) is 5.75 Å². The summed E-state index contributed by atoms with van der Waals surface area (Å²) in [6.45, 7) is 3.23. The fourth-order valence-corrected chi connectivity index (χ4v) is 2.92. The summed E-state index contributed by atoms with van der Waals surface area (Å²) >= 11 is 0. The lowest BCUT2D eigenvalue weighted by Crippen LogP contribution is -2.37.